The van der Waals surface area contributed by atoms with Gasteiger partial charge in [0.1, 0.15) is 5.75 Å². The number of aliphatic imine (C=N–C) groups is 1. The van der Waals surface area contributed by atoms with Gasteiger partial charge in [0.2, 0.25) is 0 Å². The van der Waals surface area contributed by atoms with Crippen molar-refractivity contribution in [1.82, 2.24) is 0 Å². The highest BCUT2D eigenvalue weighted by atomic mass is 16.5. The number of nitrogens with zero attached hydrogens (tertiary/aromatic N) is 2. The molecule has 0 amide bonds. The average molecular weight is 282 g/mol. The second-order valence-corrected chi connectivity index (χ2v) is 4.97. The molecule has 4 heteroatoms. The number of phenols is 1. The lowest BCUT2D eigenvalue weighted by Gasteiger charge is -2.28. The third-order valence-corrected chi connectivity index (χ3v) is 3.46. The van der Waals surface area contributed by atoms with Crippen molar-refractivity contribution in [2.24, 2.45) is 4.99 Å². The standard InChI is InChI=1S/C17H18N2O2/c20-17-3-1-2-14(12-17)13-18-15-4-6-16(7-5-15)19-8-10-21-11-9-19/h1-7,12-13,20H,8-11H2. The minimum Gasteiger partial charge on any atom is -0.508 e. The van der Waals surface area contributed by atoms with E-state index in [1.54, 1.807) is 24.4 Å². The van der Waals surface area contributed by atoms with Crippen LogP contribution in [0.3, 0.4) is 0 Å². The van der Waals surface area contributed by atoms with Gasteiger partial charge in [0.25, 0.3) is 0 Å². The van der Waals surface area contributed by atoms with E-state index in [1.807, 2.05) is 18.2 Å². The lowest BCUT2D eigenvalue weighted by atomic mass is 10.2. The van der Waals surface area contributed by atoms with Gasteiger partial charge in [-0.1, -0.05) is 12.1 Å². The highest BCUT2D eigenvalue weighted by Gasteiger charge is 2.10. The summed E-state index contributed by atoms with van der Waals surface area (Å²) in [6, 6.07) is 15.2. The first-order chi connectivity index (χ1) is 10.3. The van der Waals surface area contributed by atoms with E-state index in [-0.39, 0.29) is 5.75 Å². The maximum Gasteiger partial charge on any atom is 0.116 e. The Bertz CT molecular complexity index is 617. The molecule has 0 unspecified atom stereocenters. The van der Waals surface area contributed by atoms with Crippen LogP contribution in [0.15, 0.2) is 53.5 Å². The van der Waals surface area contributed by atoms with Crippen LogP contribution in [0.5, 0.6) is 5.75 Å². The van der Waals surface area contributed by atoms with Crippen molar-refractivity contribution in [2.45, 2.75) is 0 Å². The maximum atomic E-state index is 9.41. The van der Waals surface area contributed by atoms with Crippen LogP contribution in [-0.4, -0.2) is 37.6 Å². The number of ether oxygens (including phenoxy) is 1. The summed E-state index contributed by atoms with van der Waals surface area (Å²) in [5, 5.41) is 9.41. The number of rotatable bonds is 3. The normalized spacial score (nSPS) is 15.5. The van der Waals surface area contributed by atoms with Gasteiger partial charge in [-0.25, -0.2) is 0 Å². The molecule has 1 N–H and O–H groups in total. The molecule has 1 aliphatic rings. The van der Waals surface area contributed by atoms with Crippen LogP contribution in [0.4, 0.5) is 11.4 Å². The van der Waals surface area contributed by atoms with Gasteiger partial charge in [-0.15, -0.1) is 0 Å². The number of morpholine rings is 1. The molecule has 21 heavy (non-hydrogen) atoms. The van der Waals surface area contributed by atoms with Gasteiger partial charge >= 0.3 is 0 Å². The minimum atomic E-state index is 0.251. The van der Waals surface area contributed by atoms with Crippen LogP contribution < -0.4 is 4.90 Å². The lowest BCUT2D eigenvalue weighted by molar-refractivity contribution is 0.122. The Kier molecular flexibility index (Phi) is 4.17. The molecule has 4 nitrogen and oxygen atoms in total. The van der Waals surface area contributed by atoms with Gasteiger partial charge in [0.05, 0.1) is 18.9 Å². The molecular weight excluding hydrogens is 264 g/mol. The van der Waals surface area contributed by atoms with E-state index in [0.29, 0.717) is 0 Å². The summed E-state index contributed by atoms with van der Waals surface area (Å²) in [4.78, 5) is 6.74. The Balaban J connectivity index is 1.69. The van der Waals surface area contributed by atoms with Crippen molar-refractivity contribution in [1.29, 1.82) is 0 Å². The first kappa shape index (κ1) is 13.6. The Morgan fingerprint density at radius 3 is 2.52 bits per heavy atom. The molecule has 0 aromatic heterocycles. The van der Waals surface area contributed by atoms with Crippen LogP contribution in [0, 0.1) is 0 Å². The monoisotopic (exact) mass is 282 g/mol. The van der Waals surface area contributed by atoms with Crippen LogP contribution >= 0.6 is 0 Å². The Morgan fingerprint density at radius 1 is 1.05 bits per heavy atom. The van der Waals surface area contributed by atoms with E-state index in [4.69, 9.17) is 4.74 Å². The van der Waals surface area contributed by atoms with Crippen LogP contribution in [0.2, 0.25) is 0 Å². The summed E-state index contributed by atoms with van der Waals surface area (Å²) in [6.07, 6.45) is 1.75. The van der Waals surface area contributed by atoms with Gasteiger partial charge in [-0.2, -0.15) is 0 Å². The summed E-state index contributed by atoms with van der Waals surface area (Å²) in [5.74, 6) is 0.251. The smallest absolute Gasteiger partial charge is 0.116 e. The van der Waals surface area contributed by atoms with E-state index in [0.717, 1.165) is 37.6 Å². The first-order valence-corrected chi connectivity index (χ1v) is 7.07. The van der Waals surface area contributed by atoms with Gasteiger partial charge in [0.15, 0.2) is 0 Å². The number of hydrogen-bond donors (Lipinski definition) is 1. The first-order valence-electron chi connectivity index (χ1n) is 7.07. The number of anilines is 1. The molecule has 0 spiro atoms. The highest BCUT2D eigenvalue weighted by Crippen LogP contribution is 2.21. The minimum absolute atomic E-state index is 0.251. The molecule has 0 aliphatic carbocycles. The fourth-order valence-electron chi connectivity index (χ4n) is 2.33. The predicted molar refractivity (Wildman–Crippen MR) is 84.8 cm³/mol. The summed E-state index contributed by atoms with van der Waals surface area (Å²) >= 11 is 0. The third-order valence-electron chi connectivity index (χ3n) is 3.46. The van der Waals surface area contributed by atoms with Gasteiger partial charge in [-0.3, -0.25) is 4.99 Å². The van der Waals surface area contributed by atoms with E-state index in [9.17, 15) is 5.11 Å². The molecule has 0 bridgehead atoms. The predicted octanol–water partition coefficient (Wildman–Crippen LogP) is 2.98. The highest BCUT2D eigenvalue weighted by molar-refractivity contribution is 5.82. The number of benzene rings is 2. The fraction of sp³-hybridized carbons (Fsp3) is 0.235. The van der Waals surface area contributed by atoms with E-state index in [1.165, 1.54) is 5.69 Å². The molecular formula is C17H18N2O2. The van der Waals surface area contributed by atoms with Crippen molar-refractivity contribution < 1.29 is 9.84 Å². The second kappa shape index (κ2) is 6.41. The summed E-state index contributed by atoms with van der Waals surface area (Å²) in [5.41, 5.74) is 2.98. The third kappa shape index (κ3) is 3.61. The number of aromatic hydroxyl groups is 1. The summed E-state index contributed by atoms with van der Waals surface area (Å²) in [6.45, 7) is 3.45. The van der Waals surface area contributed by atoms with E-state index >= 15 is 0 Å². The molecule has 1 heterocycles. The van der Waals surface area contributed by atoms with E-state index in [2.05, 4.69) is 22.0 Å². The molecule has 0 saturated carbocycles. The average Bonchev–Trinajstić information content (AvgIpc) is 2.54. The fourth-order valence-corrected chi connectivity index (χ4v) is 2.33. The van der Waals surface area contributed by atoms with Crippen molar-refractivity contribution in [3.05, 3.63) is 54.1 Å². The molecule has 1 aliphatic heterocycles. The van der Waals surface area contributed by atoms with Crippen molar-refractivity contribution in [2.75, 3.05) is 31.2 Å². The van der Waals surface area contributed by atoms with Gasteiger partial charge < -0.3 is 14.7 Å². The maximum absolute atomic E-state index is 9.41. The molecule has 0 atom stereocenters. The largest absolute Gasteiger partial charge is 0.508 e. The van der Waals surface area contributed by atoms with Crippen LogP contribution in [-0.2, 0) is 4.74 Å². The van der Waals surface area contributed by atoms with Crippen LogP contribution in [0.1, 0.15) is 5.56 Å². The molecule has 1 fully saturated rings. The van der Waals surface area contributed by atoms with Crippen molar-refractivity contribution in [3.63, 3.8) is 0 Å². The summed E-state index contributed by atoms with van der Waals surface area (Å²) < 4.78 is 5.36. The molecule has 1 saturated heterocycles. The molecule has 108 valence electrons. The molecule has 3 rings (SSSR count). The zero-order chi connectivity index (χ0) is 14.5. The SMILES string of the molecule is Oc1cccc(C=Nc2ccc(N3CCOCC3)cc2)c1. The number of hydrogen-bond acceptors (Lipinski definition) is 4. The Labute approximate surface area is 124 Å². The number of phenolic OH excluding ortho intramolecular Hbond substituents is 1. The van der Waals surface area contributed by atoms with Crippen molar-refractivity contribution in [3.8, 4) is 5.75 Å². The molecule has 2 aromatic rings. The molecule has 2 aromatic carbocycles. The van der Waals surface area contributed by atoms with Gasteiger partial charge in [0, 0.05) is 25.0 Å². The zero-order valence-corrected chi connectivity index (χ0v) is 11.8. The lowest BCUT2D eigenvalue weighted by Crippen LogP contribution is -2.36. The Morgan fingerprint density at radius 2 is 1.81 bits per heavy atom. The zero-order valence-electron chi connectivity index (χ0n) is 11.8. The quantitative estimate of drug-likeness (QED) is 0.880. The Hall–Kier alpha value is -2.33. The van der Waals surface area contributed by atoms with Gasteiger partial charge in [-0.05, 0) is 42.0 Å². The summed E-state index contributed by atoms with van der Waals surface area (Å²) in [7, 11) is 0. The molecule has 0 radical (unpaired) electrons. The topological polar surface area (TPSA) is 45.1 Å². The second-order valence-electron chi connectivity index (χ2n) is 4.97. The van der Waals surface area contributed by atoms with Crippen molar-refractivity contribution >= 4 is 17.6 Å². The van der Waals surface area contributed by atoms with E-state index < -0.39 is 0 Å². The van der Waals surface area contributed by atoms with Crippen LogP contribution in [0.25, 0.3) is 0 Å².